The Morgan fingerprint density at radius 2 is 2.15 bits per heavy atom. The third kappa shape index (κ3) is 6.62. The highest BCUT2D eigenvalue weighted by atomic mass is 32.1. The summed E-state index contributed by atoms with van der Waals surface area (Å²) in [6, 6.07) is 2.80. The van der Waals surface area contributed by atoms with Crippen LogP contribution in [0.3, 0.4) is 0 Å². The lowest BCUT2D eigenvalue weighted by Gasteiger charge is -2.21. The number of anilines is 1. The molecule has 2 heterocycles. The van der Waals surface area contributed by atoms with Crippen LogP contribution >= 0.6 is 30.2 Å². The zero-order valence-corrected chi connectivity index (χ0v) is 16.6. The Kier molecular flexibility index (Phi) is 7.48. The van der Waals surface area contributed by atoms with E-state index in [0.717, 1.165) is 16.2 Å². The Bertz CT molecular complexity index is 793. The van der Waals surface area contributed by atoms with Crippen LogP contribution in [0.2, 0.25) is 0 Å². The molecule has 2 aromatic rings. The van der Waals surface area contributed by atoms with E-state index in [0.29, 0.717) is 12.1 Å². The van der Waals surface area contributed by atoms with Gasteiger partial charge in [-0.15, -0.1) is 22.7 Å². The smallest absolute Gasteiger partial charge is 0.309 e. The van der Waals surface area contributed by atoms with E-state index in [9.17, 15) is 19.0 Å². The molecule has 142 valence electrons. The van der Waals surface area contributed by atoms with Gasteiger partial charge in [-0.25, -0.2) is 10.1 Å². The minimum Gasteiger partial charge on any atom is -0.481 e. The number of carbonyl (C=O) groups is 2. The van der Waals surface area contributed by atoms with Crippen molar-refractivity contribution in [3.05, 3.63) is 33.5 Å². The maximum Gasteiger partial charge on any atom is 0.309 e. The van der Waals surface area contributed by atoms with Gasteiger partial charge < -0.3 is 15.3 Å². The molecule has 0 aliphatic heterocycles. The highest BCUT2D eigenvalue weighted by Crippen LogP contribution is 2.37. The second-order valence-corrected chi connectivity index (χ2v) is 9.59. The molecule has 0 saturated carbocycles. The van der Waals surface area contributed by atoms with Gasteiger partial charge in [0.1, 0.15) is 0 Å². The highest BCUT2D eigenvalue weighted by molar-refractivity contribution is 7.55. The van der Waals surface area contributed by atoms with Gasteiger partial charge in [-0.3, -0.25) is 14.2 Å². The second-order valence-electron chi connectivity index (χ2n) is 5.59. The molecule has 0 aromatic carbocycles. The standard InChI is InChI=1S/C15H20N3O5PS2/c1-2-5-24(22,23)18-12(8-11-4-3-6-25-11)14(21)17-15-16-10(9-26-15)7-13(19)20/h3-4,6,9,12H,2,5,7-8H2,1H3,(H,19,20)(H,16,17,21)(H2,18,22,23). The third-order valence-corrected chi connectivity index (χ3v) is 6.77. The predicted molar refractivity (Wildman–Crippen MR) is 102 cm³/mol. The molecule has 2 atom stereocenters. The molecule has 26 heavy (non-hydrogen) atoms. The molecule has 0 radical (unpaired) electrons. The van der Waals surface area contributed by atoms with Crippen molar-refractivity contribution in [2.45, 2.75) is 32.2 Å². The van der Waals surface area contributed by atoms with Crippen molar-refractivity contribution in [3.63, 3.8) is 0 Å². The minimum absolute atomic E-state index is 0.0707. The van der Waals surface area contributed by atoms with Gasteiger partial charge in [-0.1, -0.05) is 13.0 Å². The first-order valence-electron chi connectivity index (χ1n) is 7.88. The van der Waals surface area contributed by atoms with E-state index < -0.39 is 25.4 Å². The van der Waals surface area contributed by atoms with E-state index in [2.05, 4.69) is 15.4 Å². The summed E-state index contributed by atoms with van der Waals surface area (Å²) in [6.07, 6.45) is 0.622. The Labute approximate surface area is 158 Å². The molecule has 2 aromatic heterocycles. The summed E-state index contributed by atoms with van der Waals surface area (Å²) in [5.74, 6) is -1.49. The molecule has 0 spiro atoms. The lowest BCUT2D eigenvalue weighted by molar-refractivity contribution is -0.136. The summed E-state index contributed by atoms with van der Waals surface area (Å²) >= 11 is 2.57. The van der Waals surface area contributed by atoms with E-state index >= 15 is 0 Å². The van der Waals surface area contributed by atoms with Gasteiger partial charge in [0, 0.05) is 22.8 Å². The van der Waals surface area contributed by atoms with E-state index in [4.69, 9.17) is 5.11 Å². The van der Waals surface area contributed by atoms with E-state index in [1.54, 1.807) is 12.3 Å². The van der Waals surface area contributed by atoms with Gasteiger partial charge >= 0.3 is 5.97 Å². The number of aliphatic carboxylic acids is 1. The van der Waals surface area contributed by atoms with E-state index in [1.165, 1.54) is 11.3 Å². The van der Waals surface area contributed by atoms with Crippen LogP contribution in [-0.2, 0) is 27.0 Å². The molecule has 2 rings (SSSR count). The van der Waals surface area contributed by atoms with Gasteiger partial charge in [0.2, 0.25) is 5.91 Å². The molecular weight excluding hydrogens is 397 g/mol. The number of amides is 1. The van der Waals surface area contributed by atoms with Gasteiger partial charge in [-0.2, -0.15) is 0 Å². The van der Waals surface area contributed by atoms with Crippen molar-refractivity contribution in [2.75, 3.05) is 11.5 Å². The maximum atomic E-state index is 12.6. The fraction of sp³-hybridized carbons (Fsp3) is 0.400. The average Bonchev–Trinajstić information content (AvgIpc) is 3.18. The summed E-state index contributed by atoms with van der Waals surface area (Å²) in [4.78, 5) is 38.3. The van der Waals surface area contributed by atoms with Crippen molar-refractivity contribution >= 4 is 47.2 Å². The maximum absolute atomic E-state index is 12.6. The molecule has 0 aliphatic carbocycles. The second kappa shape index (κ2) is 9.38. The molecular formula is C15H20N3O5PS2. The number of carbonyl (C=O) groups excluding carboxylic acids is 1. The fourth-order valence-electron chi connectivity index (χ4n) is 2.23. The van der Waals surface area contributed by atoms with Gasteiger partial charge in [0.05, 0.1) is 18.2 Å². The van der Waals surface area contributed by atoms with Crippen molar-refractivity contribution in [3.8, 4) is 0 Å². The molecule has 0 aliphatic rings. The topological polar surface area (TPSA) is 129 Å². The molecule has 11 heteroatoms. The summed E-state index contributed by atoms with van der Waals surface area (Å²) in [6.45, 7) is 1.79. The molecule has 1 amide bonds. The molecule has 4 N–H and O–H groups in total. The Balaban J connectivity index is 2.10. The molecule has 0 fully saturated rings. The minimum atomic E-state index is -3.64. The van der Waals surface area contributed by atoms with Gasteiger partial charge in [0.25, 0.3) is 7.52 Å². The lowest BCUT2D eigenvalue weighted by Crippen LogP contribution is -2.40. The number of carboxylic acids is 1. The van der Waals surface area contributed by atoms with Crippen LogP contribution in [0.5, 0.6) is 0 Å². The molecule has 0 bridgehead atoms. The Morgan fingerprint density at radius 3 is 2.77 bits per heavy atom. The highest BCUT2D eigenvalue weighted by Gasteiger charge is 2.28. The normalized spacial score (nSPS) is 14.5. The third-order valence-electron chi connectivity index (χ3n) is 3.30. The monoisotopic (exact) mass is 417 g/mol. The summed E-state index contributed by atoms with van der Waals surface area (Å²) in [5.41, 5.74) is 0.347. The van der Waals surface area contributed by atoms with Crippen molar-refractivity contribution in [1.29, 1.82) is 0 Å². The van der Waals surface area contributed by atoms with Crippen LogP contribution in [0.4, 0.5) is 5.13 Å². The molecule has 2 unspecified atom stereocenters. The van der Waals surface area contributed by atoms with Crippen LogP contribution in [0.15, 0.2) is 22.9 Å². The number of thiazole rings is 1. The Morgan fingerprint density at radius 1 is 1.38 bits per heavy atom. The SMILES string of the molecule is CCCP(=O)(O)NC(Cc1cccs1)C(=O)Nc1nc(CC(=O)O)cs1. The van der Waals surface area contributed by atoms with Gasteiger partial charge in [0.15, 0.2) is 5.13 Å². The quantitative estimate of drug-likeness (QED) is 0.437. The van der Waals surface area contributed by atoms with Crippen molar-refractivity contribution in [1.82, 2.24) is 10.1 Å². The number of nitrogens with one attached hydrogen (secondary N) is 2. The predicted octanol–water partition coefficient (Wildman–Crippen LogP) is 2.57. The fourth-order valence-corrected chi connectivity index (χ4v) is 5.13. The lowest BCUT2D eigenvalue weighted by atomic mass is 10.2. The number of rotatable bonds is 10. The average molecular weight is 417 g/mol. The van der Waals surface area contributed by atoms with Crippen molar-refractivity contribution < 1.29 is 24.2 Å². The number of aromatic nitrogens is 1. The summed E-state index contributed by atoms with van der Waals surface area (Å²) in [7, 11) is -3.64. The van der Waals surface area contributed by atoms with Crippen LogP contribution in [-0.4, -0.2) is 39.1 Å². The Hall–Kier alpha value is -1.58. The van der Waals surface area contributed by atoms with E-state index in [-0.39, 0.29) is 24.1 Å². The largest absolute Gasteiger partial charge is 0.481 e. The number of carboxylic acid groups (broad SMARTS) is 1. The first kappa shape index (κ1) is 20.7. The number of thiophene rings is 1. The summed E-state index contributed by atoms with van der Waals surface area (Å²) in [5, 5.41) is 17.6. The van der Waals surface area contributed by atoms with Crippen LogP contribution in [0, 0.1) is 0 Å². The molecule has 0 saturated heterocycles. The zero-order valence-electron chi connectivity index (χ0n) is 14.0. The molecule has 8 nitrogen and oxygen atoms in total. The van der Waals surface area contributed by atoms with Crippen LogP contribution < -0.4 is 10.4 Å². The number of hydrogen-bond acceptors (Lipinski definition) is 6. The van der Waals surface area contributed by atoms with Gasteiger partial charge in [-0.05, 0) is 17.9 Å². The van der Waals surface area contributed by atoms with Crippen LogP contribution in [0.1, 0.15) is 23.9 Å². The number of nitrogens with zero attached hydrogens (tertiary/aromatic N) is 1. The number of hydrogen-bond donors (Lipinski definition) is 4. The summed E-state index contributed by atoms with van der Waals surface area (Å²) < 4.78 is 12.2. The first-order chi connectivity index (χ1) is 12.3. The van der Waals surface area contributed by atoms with E-state index in [1.807, 2.05) is 17.5 Å². The van der Waals surface area contributed by atoms with Crippen LogP contribution in [0.25, 0.3) is 0 Å². The first-order valence-corrected chi connectivity index (χ1v) is 11.5. The zero-order chi connectivity index (χ0) is 19.2. The van der Waals surface area contributed by atoms with Crippen molar-refractivity contribution in [2.24, 2.45) is 0 Å².